The number of carboxylic acid groups (broad SMARTS) is 1. The molecule has 0 spiro atoms. The zero-order valence-electron chi connectivity index (χ0n) is 8.19. The van der Waals surface area contributed by atoms with Crippen LogP contribution in [0.1, 0.15) is 6.42 Å². The highest BCUT2D eigenvalue weighted by molar-refractivity contribution is 5.70. The fraction of sp³-hybridized carbons (Fsp3) is 0.889. The number of hydrogen-bond donors (Lipinski definition) is 1. The molecule has 0 aliphatic carbocycles. The molecular formula is C9H16N2O3. The summed E-state index contributed by atoms with van der Waals surface area (Å²) >= 11 is 0. The monoisotopic (exact) mass is 200 g/mol. The fourth-order valence-electron chi connectivity index (χ4n) is 2.04. The summed E-state index contributed by atoms with van der Waals surface area (Å²) in [6, 6.07) is 0. The minimum atomic E-state index is -0.666. The Morgan fingerprint density at radius 2 is 1.93 bits per heavy atom. The average Bonchev–Trinajstić information content (AvgIpc) is 2.68. The molecule has 80 valence electrons. The van der Waals surface area contributed by atoms with Gasteiger partial charge in [0.2, 0.25) is 0 Å². The normalized spacial score (nSPS) is 30.7. The highest BCUT2D eigenvalue weighted by Gasteiger charge is 2.31. The molecule has 0 saturated carbocycles. The van der Waals surface area contributed by atoms with Crippen molar-refractivity contribution in [1.29, 1.82) is 0 Å². The van der Waals surface area contributed by atoms with Crippen LogP contribution in [0.3, 0.4) is 0 Å². The van der Waals surface area contributed by atoms with Gasteiger partial charge in [-0.05, 0) is 6.42 Å². The second-order valence-corrected chi connectivity index (χ2v) is 3.80. The van der Waals surface area contributed by atoms with Crippen molar-refractivity contribution in [2.45, 2.75) is 6.42 Å². The summed E-state index contributed by atoms with van der Waals surface area (Å²) < 4.78 is 5.25. The summed E-state index contributed by atoms with van der Waals surface area (Å²) in [6.07, 6.45) is 0.771. The first kappa shape index (κ1) is 9.89. The van der Waals surface area contributed by atoms with Gasteiger partial charge in [-0.3, -0.25) is 4.79 Å². The van der Waals surface area contributed by atoms with Gasteiger partial charge in [0.05, 0.1) is 19.1 Å². The second kappa shape index (κ2) is 4.25. The van der Waals surface area contributed by atoms with E-state index in [9.17, 15) is 4.79 Å². The van der Waals surface area contributed by atoms with E-state index >= 15 is 0 Å². The number of nitrogens with zero attached hydrogens (tertiary/aromatic N) is 2. The highest BCUT2D eigenvalue weighted by atomic mass is 16.5. The number of carbonyl (C=O) groups is 1. The Morgan fingerprint density at radius 1 is 1.21 bits per heavy atom. The van der Waals surface area contributed by atoms with Crippen molar-refractivity contribution in [1.82, 2.24) is 10.0 Å². The molecule has 2 aliphatic heterocycles. The van der Waals surface area contributed by atoms with Crippen LogP contribution in [-0.4, -0.2) is 60.5 Å². The largest absolute Gasteiger partial charge is 0.481 e. The number of morpholine rings is 1. The van der Waals surface area contributed by atoms with E-state index in [0.717, 1.165) is 39.3 Å². The van der Waals surface area contributed by atoms with E-state index in [1.54, 1.807) is 0 Å². The molecule has 0 aromatic rings. The molecule has 0 aromatic carbocycles. The van der Waals surface area contributed by atoms with Gasteiger partial charge >= 0.3 is 5.97 Å². The molecular weight excluding hydrogens is 184 g/mol. The van der Waals surface area contributed by atoms with E-state index < -0.39 is 5.97 Å². The highest BCUT2D eigenvalue weighted by Crippen LogP contribution is 2.18. The van der Waals surface area contributed by atoms with Gasteiger partial charge in [0.25, 0.3) is 0 Å². The maximum atomic E-state index is 10.8. The fourth-order valence-corrected chi connectivity index (χ4v) is 2.04. The first-order valence-electron chi connectivity index (χ1n) is 5.08. The van der Waals surface area contributed by atoms with Crippen molar-refractivity contribution in [3.05, 3.63) is 0 Å². The Morgan fingerprint density at radius 3 is 2.50 bits per heavy atom. The van der Waals surface area contributed by atoms with Crippen LogP contribution in [0.2, 0.25) is 0 Å². The lowest BCUT2D eigenvalue weighted by molar-refractivity contribution is -0.142. The minimum Gasteiger partial charge on any atom is -0.481 e. The standard InChI is InChI=1S/C9H16N2O3/c12-9(13)8-1-2-11(7-8)10-3-5-14-6-4-10/h8H,1-7H2,(H,12,13)/t8-/m0/s1. The predicted molar refractivity (Wildman–Crippen MR) is 49.7 cm³/mol. The lowest BCUT2D eigenvalue weighted by Crippen LogP contribution is -2.47. The van der Waals surface area contributed by atoms with Gasteiger partial charge in [-0.25, -0.2) is 10.0 Å². The second-order valence-electron chi connectivity index (χ2n) is 3.80. The van der Waals surface area contributed by atoms with Gasteiger partial charge in [-0.2, -0.15) is 0 Å². The van der Waals surface area contributed by atoms with Gasteiger partial charge in [0.1, 0.15) is 0 Å². The summed E-state index contributed by atoms with van der Waals surface area (Å²) in [4.78, 5) is 10.8. The molecule has 0 bridgehead atoms. The van der Waals surface area contributed by atoms with Crippen molar-refractivity contribution in [2.24, 2.45) is 5.92 Å². The van der Waals surface area contributed by atoms with Crippen molar-refractivity contribution in [3.8, 4) is 0 Å². The molecule has 2 rings (SSSR count). The maximum absolute atomic E-state index is 10.8. The number of hydrogen-bond acceptors (Lipinski definition) is 4. The lowest BCUT2D eigenvalue weighted by Gasteiger charge is -2.34. The van der Waals surface area contributed by atoms with Gasteiger partial charge in [0.15, 0.2) is 0 Å². The molecule has 2 heterocycles. The Balaban J connectivity index is 1.85. The molecule has 0 unspecified atom stereocenters. The first-order valence-corrected chi connectivity index (χ1v) is 5.08. The number of carboxylic acids is 1. The van der Waals surface area contributed by atoms with Crippen LogP contribution < -0.4 is 0 Å². The summed E-state index contributed by atoms with van der Waals surface area (Å²) in [7, 11) is 0. The molecule has 0 radical (unpaired) electrons. The van der Waals surface area contributed by atoms with E-state index in [0.29, 0.717) is 6.54 Å². The Labute approximate surface area is 83.2 Å². The van der Waals surface area contributed by atoms with E-state index in [4.69, 9.17) is 9.84 Å². The zero-order valence-corrected chi connectivity index (χ0v) is 8.19. The zero-order chi connectivity index (χ0) is 9.97. The molecule has 0 amide bonds. The maximum Gasteiger partial charge on any atom is 0.307 e. The molecule has 14 heavy (non-hydrogen) atoms. The van der Waals surface area contributed by atoms with Gasteiger partial charge in [0, 0.05) is 26.2 Å². The predicted octanol–water partition coefficient (Wildman–Crippen LogP) is -0.360. The van der Waals surface area contributed by atoms with Crippen LogP contribution in [-0.2, 0) is 9.53 Å². The number of rotatable bonds is 2. The van der Waals surface area contributed by atoms with E-state index in [2.05, 4.69) is 10.0 Å². The molecule has 1 N–H and O–H groups in total. The quantitative estimate of drug-likeness (QED) is 0.659. The summed E-state index contributed by atoms with van der Waals surface area (Å²) in [5.41, 5.74) is 0. The third kappa shape index (κ3) is 2.05. The average molecular weight is 200 g/mol. The molecule has 2 saturated heterocycles. The summed E-state index contributed by atoms with van der Waals surface area (Å²) in [5, 5.41) is 13.2. The van der Waals surface area contributed by atoms with Crippen molar-refractivity contribution in [2.75, 3.05) is 39.4 Å². The van der Waals surface area contributed by atoms with Gasteiger partial charge in [-0.1, -0.05) is 0 Å². The van der Waals surface area contributed by atoms with Crippen molar-refractivity contribution >= 4 is 5.97 Å². The molecule has 1 atom stereocenters. The Kier molecular flexibility index (Phi) is 3.00. The Bertz CT molecular complexity index is 216. The first-order chi connectivity index (χ1) is 6.77. The van der Waals surface area contributed by atoms with Gasteiger partial charge < -0.3 is 9.84 Å². The van der Waals surface area contributed by atoms with Crippen LogP contribution in [0, 0.1) is 5.92 Å². The van der Waals surface area contributed by atoms with Crippen LogP contribution in [0.5, 0.6) is 0 Å². The Hall–Kier alpha value is -0.650. The van der Waals surface area contributed by atoms with Crippen LogP contribution in [0.15, 0.2) is 0 Å². The minimum absolute atomic E-state index is 0.183. The van der Waals surface area contributed by atoms with E-state index in [-0.39, 0.29) is 5.92 Å². The van der Waals surface area contributed by atoms with Gasteiger partial charge in [-0.15, -0.1) is 0 Å². The summed E-state index contributed by atoms with van der Waals surface area (Å²) in [6.45, 7) is 4.84. The lowest BCUT2D eigenvalue weighted by atomic mass is 10.1. The molecule has 5 heteroatoms. The molecule has 0 aromatic heterocycles. The topological polar surface area (TPSA) is 53.0 Å². The number of aliphatic carboxylic acids is 1. The molecule has 2 aliphatic rings. The third-order valence-electron chi connectivity index (χ3n) is 2.90. The molecule has 5 nitrogen and oxygen atoms in total. The van der Waals surface area contributed by atoms with E-state index in [1.165, 1.54) is 0 Å². The van der Waals surface area contributed by atoms with Crippen LogP contribution >= 0.6 is 0 Å². The van der Waals surface area contributed by atoms with Crippen molar-refractivity contribution in [3.63, 3.8) is 0 Å². The van der Waals surface area contributed by atoms with Crippen LogP contribution in [0.25, 0.3) is 0 Å². The summed E-state index contributed by atoms with van der Waals surface area (Å²) in [5.74, 6) is -0.849. The number of hydrazine groups is 1. The SMILES string of the molecule is O=C(O)[C@H]1CCN(N2CCOCC2)C1. The molecule has 2 fully saturated rings. The third-order valence-corrected chi connectivity index (χ3v) is 2.90. The smallest absolute Gasteiger partial charge is 0.307 e. The van der Waals surface area contributed by atoms with Crippen LogP contribution in [0.4, 0.5) is 0 Å². The number of ether oxygens (including phenoxy) is 1. The van der Waals surface area contributed by atoms with E-state index in [1.807, 2.05) is 0 Å². The van der Waals surface area contributed by atoms with Crippen molar-refractivity contribution < 1.29 is 14.6 Å².